The van der Waals surface area contributed by atoms with Gasteiger partial charge in [-0.3, -0.25) is 14.2 Å². The third-order valence-electron chi connectivity index (χ3n) is 4.86. The van der Waals surface area contributed by atoms with E-state index in [-0.39, 0.29) is 11.5 Å². The van der Waals surface area contributed by atoms with Crippen molar-refractivity contribution in [2.24, 2.45) is 0 Å². The van der Waals surface area contributed by atoms with Crippen LogP contribution in [0.15, 0.2) is 52.4 Å². The molecule has 1 aromatic heterocycles. The average Bonchev–Trinajstić information content (AvgIpc) is 2.73. The van der Waals surface area contributed by atoms with E-state index in [1.165, 1.54) is 11.8 Å². The summed E-state index contributed by atoms with van der Waals surface area (Å²) in [7, 11) is 1.64. The first-order chi connectivity index (χ1) is 14.4. The average molecular weight is 426 g/mol. The number of carbonyl (C=O) groups is 1. The topological polar surface area (TPSA) is 73.2 Å². The summed E-state index contributed by atoms with van der Waals surface area (Å²) >= 11 is 1.29. The second-order valence-electron chi connectivity index (χ2n) is 7.28. The Hall–Kier alpha value is -2.64. The van der Waals surface area contributed by atoms with Gasteiger partial charge in [0, 0.05) is 25.9 Å². The summed E-state index contributed by atoms with van der Waals surface area (Å²) < 4.78 is 6.78. The Morgan fingerprint density at radius 1 is 1.23 bits per heavy atom. The van der Waals surface area contributed by atoms with Crippen LogP contribution in [0.3, 0.4) is 0 Å². The summed E-state index contributed by atoms with van der Waals surface area (Å²) in [5.41, 5.74) is 3.43. The lowest BCUT2D eigenvalue weighted by atomic mass is 10.1. The fraction of sp³-hybridized carbons (Fsp3) is 0.348. The Morgan fingerprint density at radius 3 is 2.77 bits per heavy atom. The first-order valence-corrected chi connectivity index (χ1v) is 10.8. The predicted molar refractivity (Wildman–Crippen MR) is 122 cm³/mol. The zero-order chi connectivity index (χ0) is 21.7. The highest BCUT2D eigenvalue weighted by atomic mass is 32.2. The number of hydrogen-bond donors (Lipinski definition) is 1. The lowest BCUT2D eigenvalue weighted by Gasteiger charge is -2.17. The fourth-order valence-corrected chi connectivity index (χ4v) is 4.05. The van der Waals surface area contributed by atoms with Gasteiger partial charge in [0.15, 0.2) is 5.16 Å². The van der Waals surface area contributed by atoms with E-state index in [0.717, 1.165) is 16.8 Å². The number of amides is 1. The van der Waals surface area contributed by atoms with Crippen molar-refractivity contribution in [3.8, 4) is 0 Å². The minimum atomic E-state index is -0.424. The molecule has 2 aromatic carbocycles. The Kier molecular flexibility index (Phi) is 7.29. The van der Waals surface area contributed by atoms with Crippen molar-refractivity contribution >= 4 is 34.3 Å². The molecular formula is C23H27N3O3S. The maximum absolute atomic E-state index is 13.0. The van der Waals surface area contributed by atoms with E-state index in [1.54, 1.807) is 17.7 Å². The van der Waals surface area contributed by atoms with Gasteiger partial charge in [-0.1, -0.05) is 36.0 Å². The molecule has 0 aliphatic carbocycles. The van der Waals surface area contributed by atoms with Crippen LogP contribution in [-0.4, -0.2) is 34.4 Å². The number of rotatable bonds is 8. The summed E-state index contributed by atoms with van der Waals surface area (Å²) in [5, 5.41) is 3.69. The number of benzene rings is 2. The van der Waals surface area contributed by atoms with Crippen molar-refractivity contribution < 1.29 is 9.53 Å². The van der Waals surface area contributed by atoms with Gasteiger partial charge in [-0.15, -0.1) is 0 Å². The molecule has 3 rings (SSSR count). The molecule has 0 fully saturated rings. The molecule has 1 heterocycles. The zero-order valence-electron chi connectivity index (χ0n) is 17.8. The Balaban J connectivity index is 1.87. The van der Waals surface area contributed by atoms with Crippen LogP contribution >= 0.6 is 11.8 Å². The molecular weight excluding hydrogens is 398 g/mol. The van der Waals surface area contributed by atoms with Gasteiger partial charge in [0.05, 0.1) is 16.2 Å². The van der Waals surface area contributed by atoms with E-state index in [2.05, 4.69) is 10.3 Å². The molecule has 0 saturated heterocycles. The predicted octanol–water partition coefficient (Wildman–Crippen LogP) is 4.17. The summed E-state index contributed by atoms with van der Waals surface area (Å²) in [6, 6.07) is 13.2. The van der Waals surface area contributed by atoms with Crippen LogP contribution in [0.25, 0.3) is 10.9 Å². The van der Waals surface area contributed by atoms with Crippen LogP contribution in [0.5, 0.6) is 0 Å². The number of ether oxygens (including phenoxy) is 1. The van der Waals surface area contributed by atoms with E-state index >= 15 is 0 Å². The molecule has 1 atom stereocenters. The lowest BCUT2D eigenvalue weighted by molar-refractivity contribution is -0.115. The van der Waals surface area contributed by atoms with Gasteiger partial charge in [-0.25, -0.2) is 4.98 Å². The van der Waals surface area contributed by atoms with Crippen LogP contribution in [0.1, 0.15) is 24.5 Å². The van der Waals surface area contributed by atoms with Crippen LogP contribution in [0.2, 0.25) is 0 Å². The highest BCUT2D eigenvalue weighted by Gasteiger charge is 2.20. The molecule has 1 amide bonds. The standard InChI is InChI=1S/C23H27N3O3S/c1-15-10-11-16(2)20(14-15)24-21(27)17(3)30-23-25-19-9-6-5-8-18(19)22(28)26(23)12-7-13-29-4/h5-6,8-11,14,17H,7,12-13H2,1-4H3,(H,24,27). The van der Waals surface area contributed by atoms with Crippen molar-refractivity contribution in [2.75, 3.05) is 19.0 Å². The van der Waals surface area contributed by atoms with Crippen molar-refractivity contribution in [3.63, 3.8) is 0 Å². The van der Waals surface area contributed by atoms with E-state index in [4.69, 9.17) is 4.74 Å². The molecule has 1 N–H and O–H groups in total. The van der Waals surface area contributed by atoms with E-state index in [1.807, 2.05) is 57.2 Å². The van der Waals surface area contributed by atoms with E-state index in [0.29, 0.717) is 35.6 Å². The van der Waals surface area contributed by atoms with Crippen LogP contribution in [0, 0.1) is 13.8 Å². The summed E-state index contributed by atoms with van der Waals surface area (Å²) in [6.07, 6.45) is 0.688. The number of thioether (sulfide) groups is 1. The van der Waals surface area contributed by atoms with Gasteiger partial charge in [-0.05, 0) is 56.5 Å². The molecule has 6 nitrogen and oxygen atoms in total. The monoisotopic (exact) mass is 425 g/mol. The molecule has 3 aromatic rings. The Bertz CT molecular complexity index is 1110. The largest absolute Gasteiger partial charge is 0.385 e. The number of methoxy groups -OCH3 is 1. The molecule has 0 aliphatic rings. The number of fused-ring (bicyclic) bond motifs is 1. The Labute approximate surface area is 180 Å². The number of anilines is 1. The normalized spacial score (nSPS) is 12.1. The highest BCUT2D eigenvalue weighted by Crippen LogP contribution is 2.25. The van der Waals surface area contributed by atoms with Crippen LogP contribution in [0.4, 0.5) is 5.69 Å². The van der Waals surface area contributed by atoms with Crippen molar-refractivity contribution in [3.05, 3.63) is 63.9 Å². The molecule has 0 aliphatic heterocycles. The van der Waals surface area contributed by atoms with Gasteiger partial charge in [0.1, 0.15) is 0 Å². The van der Waals surface area contributed by atoms with Crippen LogP contribution < -0.4 is 10.9 Å². The number of aromatic nitrogens is 2. The Morgan fingerprint density at radius 2 is 2.00 bits per heavy atom. The molecule has 158 valence electrons. The third-order valence-corrected chi connectivity index (χ3v) is 5.95. The van der Waals surface area contributed by atoms with Gasteiger partial charge in [0.25, 0.3) is 5.56 Å². The third kappa shape index (κ3) is 5.09. The van der Waals surface area contributed by atoms with E-state index < -0.39 is 5.25 Å². The van der Waals surface area contributed by atoms with Crippen molar-refractivity contribution in [1.29, 1.82) is 0 Å². The fourth-order valence-electron chi connectivity index (χ4n) is 3.12. The van der Waals surface area contributed by atoms with Crippen molar-refractivity contribution in [1.82, 2.24) is 9.55 Å². The first-order valence-electron chi connectivity index (χ1n) is 9.94. The molecule has 7 heteroatoms. The maximum atomic E-state index is 13.0. The van der Waals surface area contributed by atoms with Gasteiger partial charge >= 0.3 is 0 Å². The zero-order valence-corrected chi connectivity index (χ0v) is 18.6. The summed E-state index contributed by atoms with van der Waals surface area (Å²) in [5.74, 6) is -0.125. The first kappa shape index (κ1) is 22.1. The SMILES string of the molecule is COCCCn1c(SC(C)C(=O)Nc2cc(C)ccc2C)nc2ccccc2c1=O. The van der Waals surface area contributed by atoms with Gasteiger partial charge in [-0.2, -0.15) is 0 Å². The van der Waals surface area contributed by atoms with Gasteiger partial charge < -0.3 is 10.1 Å². The van der Waals surface area contributed by atoms with Crippen LogP contribution in [-0.2, 0) is 16.1 Å². The van der Waals surface area contributed by atoms with Gasteiger partial charge in [0.2, 0.25) is 5.91 Å². The molecule has 1 unspecified atom stereocenters. The molecule has 30 heavy (non-hydrogen) atoms. The minimum absolute atomic E-state index is 0.0960. The van der Waals surface area contributed by atoms with E-state index in [9.17, 15) is 9.59 Å². The second-order valence-corrected chi connectivity index (χ2v) is 8.59. The number of carbonyl (C=O) groups excluding carboxylic acids is 1. The number of hydrogen-bond acceptors (Lipinski definition) is 5. The number of nitrogens with zero attached hydrogens (tertiary/aromatic N) is 2. The number of para-hydroxylation sites is 1. The number of aryl methyl sites for hydroxylation is 2. The molecule has 0 radical (unpaired) electrons. The molecule has 0 saturated carbocycles. The molecule has 0 bridgehead atoms. The summed E-state index contributed by atoms with van der Waals surface area (Å²) in [6.45, 7) is 6.81. The highest BCUT2D eigenvalue weighted by molar-refractivity contribution is 8.00. The van der Waals surface area contributed by atoms with Crippen molar-refractivity contribution in [2.45, 2.75) is 44.1 Å². The smallest absolute Gasteiger partial charge is 0.262 e. The minimum Gasteiger partial charge on any atom is -0.385 e. The lowest BCUT2D eigenvalue weighted by Crippen LogP contribution is -2.27. The molecule has 0 spiro atoms. The number of nitrogens with one attached hydrogen (secondary N) is 1. The summed E-state index contributed by atoms with van der Waals surface area (Å²) in [4.78, 5) is 30.6. The quantitative estimate of drug-likeness (QED) is 0.333. The maximum Gasteiger partial charge on any atom is 0.262 e. The second kappa shape index (κ2) is 9.91.